The number of carbonyl (C=O) groups excluding carboxylic acids is 2. The summed E-state index contributed by atoms with van der Waals surface area (Å²) in [4.78, 5) is 31.7. The van der Waals surface area contributed by atoms with Gasteiger partial charge in [-0.1, -0.05) is 18.7 Å². The van der Waals surface area contributed by atoms with Crippen molar-refractivity contribution in [2.24, 2.45) is 4.99 Å². The lowest BCUT2D eigenvalue weighted by Gasteiger charge is -2.30. The van der Waals surface area contributed by atoms with Gasteiger partial charge in [-0.15, -0.1) is 0 Å². The number of aliphatic imine (C=N–C) groups is 1. The van der Waals surface area contributed by atoms with Crippen LogP contribution < -0.4 is 14.8 Å². The fraction of sp³-hybridized carbons (Fsp3) is 0.348. The Kier molecular flexibility index (Phi) is 7.94. The molecule has 3 rings (SSSR count). The second-order valence-electron chi connectivity index (χ2n) is 6.90. The van der Waals surface area contributed by atoms with Crippen LogP contribution in [0.5, 0.6) is 11.5 Å². The number of nitrogens with zero attached hydrogens (tertiary/aromatic N) is 2. The van der Waals surface area contributed by atoms with Crippen LogP contribution in [0.3, 0.4) is 0 Å². The third-order valence-electron chi connectivity index (χ3n) is 4.64. The average molecular weight is 442 g/mol. The molecule has 1 saturated heterocycles. The largest absolute Gasteiger partial charge is 0.497 e. The number of nitrogens with one attached hydrogen (secondary N) is 1. The molecule has 2 amide bonds. The minimum Gasteiger partial charge on any atom is -0.497 e. The zero-order valence-electron chi connectivity index (χ0n) is 18.0. The predicted octanol–water partition coefficient (Wildman–Crippen LogP) is 4.46. The summed E-state index contributed by atoms with van der Waals surface area (Å²) < 4.78 is 10.7. The number of carbonyl (C=O) groups is 2. The second-order valence-corrected chi connectivity index (χ2v) is 8.07. The molecule has 1 aliphatic rings. The van der Waals surface area contributed by atoms with Crippen molar-refractivity contribution >= 4 is 40.1 Å². The standard InChI is InChI=1S/C23H27N3O4S/c1-4-14-30-19-12-8-16(9-13-19)24-22(28)20-15-21(27)26(5-2)23(31-20)25-17-6-10-18(29-3)11-7-17/h6-13,20H,4-5,14-15H2,1-3H3,(H,24,28)/t20-/m0/s1. The molecule has 1 heterocycles. The third-order valence-corrected chi connectivity index (χ3v) is 5.83. The molecule has 0 radical (unpaired) electrons. The molecule has 1 atom stereocenters. The van der Waals surface area contributed by atoms with Gasteiger partial charge in [-0.05, 0) is 61.9 Å². The summed E-state index contributed by atoms with van der Waals surface area (Å²) in [5.41, 5.74) is 1.35. The summed E-state index contributed by atoms with van der Waals surface area (Å²) in [6.45, 7) is 5.08. The fourth-order valence-electron chi connectivity index (χ4n) is 3.00. The predicted molar refractivity (Wildman–Crippen MR) is 124 cm³/mol. The van der Waals surface area contributed by atoms with E-state index in [1.165, 1.54) is 11.8 Å². The highest BCUT2D eigenvalue weighted by Gasteiger charge is 2.35. The Bertz CT molecular complexity index is 929. The Hall–Kier alpha value is -3.00. The van der Waals surface area contributed by atoms with Crippen LogP contribution in [-0.2, 0) is 9.59 Å². The SMILES string of the molecule is CCCOc1ccc(NC(=O)[C@@H]2CC(=O)N(CC)C(=Nc3ccc(OC)cc3)S2)cc1. The van der Waals surface area contributed by atoms with Crippen LogP contribution in [-0.4, -0.2) is 47.4 Å². The first kappa shape index (κ1) is 22.7. The molecule has 0 spiro atoms. The molecule has 8 heteroatoms. The van der Waals surface area contributed by atoms with Crippen molar-refractivity contribution in [3.63, 3.8) is 0 Å². The lowest BCUT2D eigenvalue weighted by molar-refractivity contribution is -0.129. The molecule has 0 bridgehead atoms. The average Bonchev–Trinajstić information content (AvgIpc) is 2.79. The van der Waals surface area contributed by atoms with Crippen LogP contribution >= 0.6 is 11.8 Å². The summed E-state index contributed by atoms with van der Waals surface area (Å²) >= 11 is 1.30. The van der Waals surface area contributed by atoms with Crippen LogP contribution in [0.2, 0.25) is 0 Å². The smallest absolute Gasteiger partial charge is 0.238 e. The highest BCUT2D eigenvalue weighted by atomic mass is 32.2. The van der Waals surface area contributed by atoms with Gasteiger partial charge in [0.2, 0.25) is 11.8 Å². The zero-order chi connectivity index (χ0) is 22.2. The molecule has 0 saturated carbocycles. The van der Waals surface area contributed by atoms with Gasteiger partial charge < -0.3 is 14.8 Å². The number of hydrogen-bond acceptors (Lipinski definition) is 6. The lowest BCUT2D eigenvalue weighted by atomic mass is 10.2. The van der Waals surface area contributed by atoms with Gasteiger partial charge in [0.15, 0.2) is 5.17 Å². The number of ether oxygens (including phenoxy) is 2. The minimum absolute atomic E-state index is 0.114. The van der Waals surface area contributed by atoms with E-state index in [0.717, 1.165) is 17.9 Å². The van der Waals surface area contributed by atoms with Crippen LogP contribution in [0.4, 0.5) is 11.4 Å². The van der Waals surface area contributed by atoms with Crippen molar-refractivity contribution in [3.05, 3.63) is 48.5 Å². The topological polar surface area (TPSA) is 80.2 Å². The molecular weight excluding hydrogens is 414 g/mol. The number of rotatable bonds is 8. The van der Waals surface area contributed by atoms with E-state index >= 15 is 0 Å². The first-order valence-corrected chi connectivity index (χ1v) is 11.2. The molecule has 0 aliphatic carbocycles. The maximum Gasteiger partial charge on any atom is 0.238 e. The summed E-state index contributed by atoms with van der Waals surface area (Å²) in [5.74, 6) is 1.15. The summed E-state index contributed by atoms with van der Waals surface area (Å²) in [6, 6.07) is 14.5. The van der Waals surface area contributed by atoms with Crippen molar-refractivity contribution < 1.29 is 19.1 Å². The van der Waals surface area contributed by atoms with Crippen molar-refractivity contribution in [1.82, 2.24) is 4.90 Å². The van der Waals surface area contributed by atoms with E-state index in [-0.39, 0.29) is 18.2 Å². The Morgan fingerprint density at radius 2 is 1.81 bits per heavy atom. The van der Waals surface area contributed by atoms with Crippen LogP contribution in [0.15, 0.2) is 53.5 Å². The van der Waals surface area contributed by atoms with Gasteiger partial charge in [0, 0.05) is 18.7 Å². The summed E-state index contributed by atoms with van der Waals surface area (Å²) in [7, 11) is 1.60. The summed E-state index contributed by atoms with van der Waals surface area (Å²) in [6.07, 6.45) is 1.06. The van der Waals surface area contributed by atoms with E-state index in [9.17, 15) is 9.59 Å². The molecule has 1 N–H and O–H groups in total. The normalized spacial score (nSPS) is 17.5. The van der Waals surface area contributed by atoms with Gasteiger partial charge in [-0.2, -0.15) is 0 Å². The zero-order valence-corrected chi connectivity index (χ0v) is 18.8. The second kappa shape index (κ2) is 10.9. The Balaban J connectivity index is 1.71. The van der Waals surface area contributed by atoms with E-state index in [1.807, 2.05) is 50.2 Å². The molecule has 2 aromatic rings. The van der Waals surface area contributed by atoms with Gasteiger partial charge in [0.1, 0.15) is 16.7 Å². The van der Waals surface area contributed by atoms with Gasteiger partial charge in [0.25, 0.3) is 0 Å². The highest BCUT2D eigenvalue weighted by Crippen LogP contribution is 2.30. The quantitative estimate of drug-likeness (QED) is 0.654. The molecule has 31 heavy (non-hydrogen) atoms. The Labute approximate surface area is 186 Å². The first-order chi connectivity index (χ1) is 15.0. The number of thioether (sulfide) groups is 1. The maximum atomic E-state index is 12.8. The van der Waals surface area contributed by atoms with E-state index in [2.05, 4.69) is 10.3 Å². The Morgan fingerprint density at radius 1 is 1.13 bits per heavy atom. The molecule has 1 fully saturated rings. The van der Waals surface area contributed by atoms with Crippen LogP contribution in [0.1, 0.15) is 26.7 Å². The number of hydrogen-bond donors (Lipinski definition) is 1. The number of anilines is 1. The summed E-state index contributed by atoms with van der Waals surface area (Å²) in [5, 5.41) is 2.86. The molecule has 0 aromatic heterocycles. The molecule has 7 nitrogen and oxygen atoms in total. The van der Waals surface area contributed by atoms with Gasteiger partial charge >= 0.3 is 0 Å². The van der Waals surface area contributed by atoms with Crippen LogP contribution in [0.25, 0.3) is 0 Å². The van der Waals surface area contributed by atoms with E-state index in [1.54, 1.807) is 24.1 Å². The minimum atomic E-state index is -0.552. The number of amidine groups is 1. The van der Waals surface area contributed by atoms with Crippen LogP contribution in [0, 0.1) is 0 Å². The Morgan fingerprint density at radius 3 is 2.42 bits per heavy atom. The third kappa shape index (κ3) is 6.01. The van der Waals surface area contributed by atoms with Gasteiger partial charge in [-0.3, -0.25) is 14.5 Å². The number of amides is 2. The van der Waals surface area contributed by atoms with Gasteiger partial charge in [-0.25, -0.2) is 4.99 Å². The van der Waals surface area contributed by atoms with Crippen molar-refractivity contribution in [2.75, 3.05) is 25.6 Å². The van der Waals surface area contributed by atoms with E-state index in [0.29, 0.717) is 29.7 Å². The molecule has 164 valence electrons. The maximum absolute atomic E-state index is 12.8. The van der Waals surface area contributed by atoms with Crippen molar-refractivity contribution in [3.8, 4) is 11.5 Å². The molecule has 0 unspecified atom stereocenters. The van der Waals surface area contributed by atoms with E-state index in [4.69, 9.17) is 9.47 Å². The highest BCUT2D eigenvalue weighted by molar-refractivity contribution is 8.15. The van der Waals surface area contributed by atoms with Gasteiger partial charge in [0.05, 0.1) is 19.4 Å². The molecular formula is C23H27N3O4S. The lowest BCUT2D eigenvalue weighted by Crippen LogP contribution is -2.45. The van der Waals surface area contributed by atoms with Crippen molar-refractivity contribution in [1.29, 1.82) is 0 Å². The number of benzene rings is 2. The molecule has 2 aromatic carbocycles. The van der Waals surface area contributed by atoms with E-state index < -0.39 is 5.25 Å². The fourth-order valence-corrected chi connectivity index (χ4v) is 4.16. The molecule has 1 aliphatic heterocycles. The van der Waals surface area contributed by atoms with Crippen molar-refractivity contribution in [2.45, 2.75) is 31.9 Å². The monoisotopic (exact) mass is 441 g/mol. The number of methoxy groups -OCH3 is 1. The first-order valence-electron chi connectivity index (χ1n) is 10.3.